The van der Waals surface area contributed by atoms with Gasteiger partial charge in [-0.1, -0.05) is 36.2 Å². The van der Waals surface area contributed by atoms with Crippen LogP contribution in [-0.2, 0) is 0 Å². The van der Waals surface area contributed by atoms with Crippen molar-refractivity contribution in [1.82, 2.24) is 4.90 Å². The highest BCUT2D eigenvalue weighted by atomic mass is 79.9. The van der Waals surface area contributed by atoms with Crippen molar-refractivity contribution < 1.29 is 0 Å². The molecule has 0 aromatic rings. The Kier molecular flexibility index (Phi) is 15.3. The monoisotopic (exact) mass is 301 g/mol. The zero-order valence-corrected chi connectivity index (χ0v) is 11.5. The minimum Gasteiger partial charge on any atom is -0.304 e. The molecule has 0 radical (unpaired) electrons. The second-order valence-corrected chi connectivity index (χ2v) is 3.57. The van der Waals surface area contributed by atoms with Gasteiger partial charge in [0.05, 0.1) is 0 Å². The third-order valence-corrected chi connectivity index (χ3v) is 2.56. The van der Waals surface area contributed by atoms with Gasteiger partial charge in [0.25, 0.3) is 0 Å². The molecule has 0 saturated carbocycles. The lowest BCUT2D eigenvalue weighted by Gasteiger charge is -2.17. The molecule has 0 spiro atoms. The van der Waals surface area contributed by atoms with Crippen LogP contribution in [0.1, 0.15) is 33.1 Å². The molecule has 12 heavy (non-hydrogen) atoms. The maximum absolute atomic E-state index is 3.44. The summed E-state index contributed by atoms with van der Waals surface area (Å²) < 4.78 is 0. The van der Waals surface area contributed by atoms with Gasteiger partial charge in [-0.25, -0.2) is 0 Å². The highest BCUT2D eigenvalue weighted by Crippen LogP contribution is 2.00. The van der Waals surface area contributed by atoms with Crippen LogP contribution in [0.25, 0.3) is 0 Å². The van der Waals surface area contributed by atoms with Crippen LogP contribution >= 0.6 is 32.9 Å². The van der Waals surface area contributed by atoms with Crippen LogP contribution in [-0.4, -0.2) is 29.9 Å². The van der Waals surface area contributed by atoms with Gasteiger partial charge in [-0.3, -0.25) is 0 Å². The van der Waals surface area contributed by atoms with Crippen LogP contribution in [0, 0.1) is 0 Å². The Morgan fingerprint density at radius 2 is 1.58 bits per heavy atom. The summed E-state index contributed by atoms with van der Waals surface area (Å²) in [6, 6.07) is 0. The summed E-state index contributed by atoms with van der Waals surface area (Å²) in [7, 11) is 0. The fourth-order valence-electron chi connectivity index (χ4n) is 1.15. The molecule has 0 aromatic carbocycles. The zero-order chi connectivity index (χ0) is 8.53. The molecule has 0 aromatic heterocycles. The average molecular weight is 303 g/mol. The minimum atomic E-state index is 0. The van der Waals surface area contributed by atoms with Gasteiger partial charge in [0, 0.05) is 5.33 Å². The molecule has 3 heteroatoms. The Balaban J connectivity index is 0. The normalized spacial score (nSPS) is 10.0. The second kappa shape index (κ2) is 11.9. The molecule has 0 aliphatic heterocycles. The maximum Gasteiger partial charge on any atom is 0.00313 e. The van der Waals surface area contributed by atoms with Crippen LogP contribution in [0.2, 0.25) is 0 Å². The first kappa shape index (κ1) is 15.4. The van der Waals surface area contributed by atoms with Gasteiger partial charge in [0.2, 0.25) is 0 Å². The fraction of sp³-hybridized carbons (Fsp3) is 1.00. The Labute approximate surface area is 95.8 Å². The molecule has 0 unspecified atom stereocenters. The quantitative estimate of drug-likeness (QED) is 0.514. The lowest BCUT2D eigenvalue weighted by atomic mass is 10.2. The Hall–Kier alpha value is 0.920. The van der Waals surface area contributed by atoms with Crippen LogP contribution in [0.4, 0.5) is 0 Å². The summed E-state index contributed by atoms with van der Waals surface area (Å²) in [5.74, 6) is 0. The topological polar surface area (TPSA) is 3.24 Å². The Bertz CT molecular complexity index is 74.9. The van der Waals surface area contributed by atoms with Gasteiger partial charge < -0.3 is 4.90 Å². The molecular formula is C9H21Br2N. The van der Waals surface area contributed by atoms with E-state index in [1.807, 2.05) is 0 Å². The first-order valence-corrected chi connectivity index (χ1v) is 5.75. The van der Waals surface area contributed by atoms with Gasteiger partial charge in [-0.2, -0.15) is 0 Å². The molecule has 0 bridgehead atoms. The van der Waals surface area contributed by atoms with E-state index in [9.17, 15) is 0 Å². The van der Waals surface area contributed by atoms with E-state index in [-0.39, 0.29) is 17.0 Å². The van der Waals surface area contributed by atoms with Crippen molar-refractivity contribution in [2.24, 2.45) is 0 Å². The number of alkyl halides is 1. The maximum atomic E-state index is 3.44. The van der Waals surface area contributed by atoms with Crippen LogP contribution < -0.4 is 0 Å². The van der Waals surface area contributed by atoms with Crippen LogP contribution in [0.5, 0.6) is 0 Å². The van der Waals surface area contributed by atoms with Crippen molar-refractivity contribution in [2.45, 2.75) is 33.1 Å². The summed E-state index contributed by atoms with van der Waals surface area (Å²) in [5, 5.41) is 1.16. The third kappa shape index (κ3) is 9.01. The largest absolute Gasteiger partial charge is 0.304 e. The van der Waals surface area contributed by atoms with Gasteiger partial charge in [0.15, 0.2) is 0 Å². The zero-order valence-electron chi connectivity index (χ0n) is 8.18. The number of rotatable bonds is 7. The second-order valence-electron chi connectivity index (χ2n) is 2.78. The standard InChI is InChI=1S/C9H20BrN.BrH/c1-3-11(4-2)9-7-5-6-8-10;/h3-9H2,1-2H3;1H. The number of hydrogen-bond acceptors (Lipinski definition) is 1. The van der Waals surface area contributed by atoms with Crippen molar-refractivity contribution in [3.05, 3.63) is 0 Å². The molecule has 1 nitrogen and oxygen atoms in total. The van der Waals surface area contributed by atoms with Crippen molar-refractivity contribution in [3.63, 3.8) is 0 Å². The predicted molar refractivity (Wildman–Crippen MR) is 65.8 cm³/mol. The van der Waals surface area contributed by atoms with Gasteiger partial charge in [0.1, 0.15) is 0 Å². The van der Waals surface area contributed by atoms with Crippen LogP contribution in [0.15, 0.2) is 0 Å². The smallest absolute Gasteiger partial charge is 0.00313 e. The number of nitrogens with zero attached hydrogens (tertiary/aromatic N) is 1. The molecule has 0 atom stereocenters. The molecule has 0 rings (SSSR count). The number of halogens is 2. The van der Waals surface area contributed by atoms with E-state index in [4.69, 9.17) is 0 Å². The van der Waals surface area contributed by atoms with E-state index in [1.165, 1.54) is 38.9 Å². The predicted octanol–water partition coefficient (Wildman–Crippen LogP) is 3.47. The fourth-order valence-corrected chi connectivity index (χ4v) is 1.54. The lowest BCUT2D eigenvalue weighted by Crippen LogP contribution is -2.23. The van der Waals surface area contributed by atoms with E-state index < -0.39 is 0 Å². The molecule has 0 saturated heterocycles. The lowest BCUT2D eigenvalue weighted by molar-refractivity contribution is 0.297. The molecule has 0 fully saturated rings. The van der Waals surface area contributed by atoms with E-state index in [0.29, 0.717) is 0 Å². The molecule has 76 valence electrons. The van der Waals surface area contributed by atoms with E-state index in [0.717, 1.165) is 5.33 Å². The third-order valence-electron chi connectivity index (χ3n) is 2.00. The summed E-state index contributed by atoms with van der Waals surface area (Å²) in [4.78, 5) is 2.48. The van der Waals surface area contributed by atoms with E-state index in [2.05, 4.69) is 34.7 Å². The highest BCUT2D eigenvalue weighted by Gasteiger charge is 1.96. The summed E-state index contributed by atoms with van der Waals surface area (Å²) in [6.45, 7) is 8.14. The molecule has 0 heterocycles. The summed E-state index contributed by atoms with van der Waals surface area (Å²) in [6.07, 6.45) is 4.04. The van der Waals surface area contributed by atoms with E-state index >= 15 is 0 Å². The van der Waals surface area contributed by atoms with E-state index in [1.54, 1.807) is 0 Å². The molecule has 0 aliphatic rings. The average Bonchev–Trinajstić information content (AvgIpc) is 2.05. The Morgan fingerprint density at radius 1 is 1.00 bits per heavy atom. The summed E-state index contributed by atoms with van der Waals surface area (Å²) in [5.41, 5.74) is 0. The number of hydrogen-bond donors (Lipinski definition) is 0. The van der Waals surface area contributed by atoms with Crippen LogP contribution in [0.3, 0.4) is 0 Å². The van der Waals surface area contributed by atoms with Crippen molar-refractivity contribution in [2.75, 3.05) is 25.0 Å². The van der Waals surface area contributed by atoms with Crippen molar-refractivity contribution in [3.8, 4) is 0 Å². The molecule has 0 N–H and O–H groups in total. The molecule has 0 aliphatic carbocycles. The molecule has 0 amide bonds. The number of unbranched alkanes of at least 4 members (excludes halogenated alkanes) is 2. The molecular weight excluding hydrogens is 282 g/mol. The summed E-state index contributed by atoms with van der Waals surface area (Å²) >= 11 is 3.44. The SMILES string of the molecule is Br.CCN(CC)CCCCCBr. The van der Waals surface area contributed by atoms with Crippen molar-refractivity contribution in [1.29, 1.82) is 0 Å². The first-order valence-electron chi connectivity index (χ1n) is 4.63. The first-order chi connectivity index (χ1) is 5.35. The minimum absolute atomic E-state index is 0. The van der Waals surface area contributed by atoms with Gasteiger partial charge in [-0.05, 0) is 32.5 Å². The highest BCUT2D eigenvalue weighted by molar-refractivity contribution is 9.09. The van der Waals surface area contributed by atoms with Gasteiger partial charge >= 0.3 is 0 Å². The van der Waals surface area contributed by atoms with Gasteiger partial charge in [-0.15, -0.1) is 17.0 Å². The van der Waals surface area contributed by atoms with Crippen molar-refractivity contribution >= 4 is 32.9 Å². The Morgan fingerprint density at radius 3 is 2.00 bits per heavy atom.